The molecule has 0 atom stereocenters. The fraction of sp³-hybridized carbons (Fsp3) is 0.400. The van der Waals surface area contributed by atoms with Crippen LogP contribution in [0.1, 0.15) is 62.3 Å². The van der Waals surface area contributed by atoms with Crippen molar-refractivity contribution in [2.24, 2.45) is 0 Å². The van der Waals surface area contributed by atoms with Gasteiger partial charge in [0.1, 0.15) is 9.55 Å². The van der Waals surface area contributed by atoms with Crippen LogP contribution in [0.5, 0.6) is 0 Å². The van der Waals surface area contributed by atoms with Gasteiger partial charge < -0.3 is 1.43 Å². The van der Waals surface area contributed by atoms with Gasteiger partial charge in [0.25, 0.3) is 0 Å². The number of halogens is 1. The van der Waals surface area contributed by atoms with Crippen LogP contribution in [0, 0.1) is 0 Å². The Morgan fingerprint density at radius 2 is 0.704 bits per heavy atom. The molecule has 0 aromatic heterocycles. The normalized spacial score (nSPS) is 5.07. The van der Waals surface area contributed by atoms with E-state index in [0.29, 0.717) is 0 Å². The Morgan fingerprint density at radius 3 is 0.778 bits per heavy atom. The van der Waals surface area contributed by atoms with Crippen molar-refractivity contribution in [3.63, 3.8) is 0 Å². The Balaban J connectivity index is -0.00000000842. The summed E-state index contributed by atoms with van der Waals surface area (Å²) in [5.74, 6) is 0. The van der Waals surface area contributed by atoms with E-state index in [9.17, 15) is 0 Å². The second-order valence-corrected chi connectivity index (χ2v) is 5.62. The van der Waals surface area contributed by atoms with Crippen LogP contribution < -0.4 is 29.2 Å². The van der Waals surface area contributed by atoms with Gasteiger partial charge >= 0.3 is 18.9 Å². The van der Waals surface area contributed by atoms with Crippen LogP contribution >= 0.6 is 11.1 Å². The first kappa shape index (κ1) is 80.1. The minimum Gasteiger partial charge on any atom is -1.00 e. The monoisotopic (exact) mass is 482 g/mol. The van der Waals surface area contributed by atoms with Gasteiger partial charge in [-0.15, -0.1) is 0 Å². The molecule has 2 aromatic carbocycles. The van der Waals surface area contributed by atoms with Crippen molar-refractivity contribution in [2.75, 3.05) is 0 Å². The Kier molecular flexibility index (Phi) is 188. The molecule has 0 aliphatic carbocycles. The number of hydrogen-bond acceptors (Lipinski definition) is 0. The van der Waals surface area contributed by atoms with Gasteiger partial charge in [0.2, 0.25) is 0 Å². The fourth-order valence-corrected chi connectivity index (χ4v) is 1.84. The van der Waals surface area contributed by atoms with Gasteiger partial charge in [0.15, 0.2) is 17.4 Å². The quantitative estimate of drug-likeness (QED) is 0.322. The zero-order chi connectivity index (χ0) is 12.2. The molecule has 168 valence electrons. The molecule has 0 fully saturated rings. The van der Waals surface area contributed by atoms with Crippen molar-refractivity contribution in [3.05, 3.63) is 60.7 Å². The van der Waals surface area contributed by atoms with Crippen LogP contribution in [0.4, 0.5) is 0 Å². The summed E-state index contributed by atoms with van der Waals surface area (Å²) in [5, 5.41) is 2.92. The zero-order valence-corrected chi connectivity index (χ0v) is 17.9. The fourth-order valence-electron chi connectivity index (χ4n) is 1.07. The minimum atomic E-state index is 0. The maximum atomic E-state index is 4.78. The van der Waals surface area contributed by atoms with Gasteiger partial charge in [0, 0.05) is 21.9 Å². The average molecular weight is 483 g/mol. The largest absolute Gasteiger partial charge is 1.00 e. The molecule has 0 saturated carbocycles. The summed E-state index contributed by atoms with van der Waals surface area (Å²) in [7, 11) is 3.13. The summed E-state index contributed by atoms with van der Waals surface area (Å²) in [5.41, 5.74) is 0. The third-order valence-corrected chi connectivity index (χ3v) is 3.21. The van der Waals surface area contributed by atoms with E-state index in [0.717, 1.165) is 9.55 Å². The number of rotatable bonds is 0. The predicted molar refractivity (Wildman–Crippen MR) is 166 cm³/mol. The third-order valence-electron chi connectivity index (χ3n) is 1.88. The van der Waals surface area contributed by atoms with E-state index < -0.39 is 0 Å². The number of benzene rings is 2. The maximum Gasteiger partial charge on any atom is 1.00 e. The van der Waals surface area contributed by atoms with Crippen molar-refractivity contribution >= 4 is 79.8 Å². The summed E-state index contributed by atoms with van der Waals surface area (Å²) in [6.07, 6.45) is 0. The minimum absolute atomic E-state index is 0. The molecule has 7 heteroatoms. The molecule has 0 unspecified atom stereocenters. The van der Waals surface area contributed by atoms with Crippen molar-refractivity contribution < 1.29 is 21.7 Å². The molecule has 0 aliphatic rings. The molecule has 0 aliphatic heterocycles. The maximum absolute atomic E-state index is 4.78. The van der Waals surface area contributed by atoms with E-state index in [2.05, 4.69) is 48.5 Å². The van der Waals surface area contributed by atoms with Crippen molar-refractivity contribution in [3.8, 4) is 0 Å². The molecule has 0 heterocycles. The van der Waals surface area contributed by atoms with Gasteiger partial charge in [-0.2, -0.15) is 11.1 Å². The van der Waals surface area contributed by atoms with E-state index in [1.165, 1.54) is 30.9 Å². The Hall–Kier alpha value is 0.727. The summed E-state index contributed by atoms with van der Waals surface area (Å²) in [6.45, 7) is 0. The van der Waals surface area contributed by atoms with Crippen LogP contribution in [0.3, 0.4) is 0 Å². The Labute approximate surface area is 220 Å². The molecule has 0 N–H and O–H groups in total. The SMILES string of the molecule is C.C.C.C.C.C.C.C.[AlH3].[H-].[HH].[Li+].[SiH3]Cl.[SiH3]c1ccccc1.[SiH3]c1ccccc1.[SiH4]. The van der Waals surface area contributed by atoms with E-state index in [4.69, 9.17) is 11.1 Å². The van der Waals surface area contributed by atoms with Gasteiger partial charge in [-0.3, -0.25) is 0 Å². The second kappa shape index (κ2) is 63.2. The summed E-state index contributed by atoms with van der Waals surface area (Å²) >= 11 is 4.78. The van der Waals surface area contributed by atoms with Crippen molar-refractivity contribution in [2.45, 2.75) is 59.4 Å². The predicted octanol–water partition coefficient (Wildman–Crippen LogP) is -1.32. The van der Waals surface area contributed by atoms with Gasteiger partial charge in [-0.1, -0.05) is 130 Å². The Bertz CT molecular complexity index is 342. The molecule has 0 spiro atoms. The van der Waals surface area contributed by atoms with E-state index in [-0.39, 0.29) is 109 Å². The van der Waals surface area contributed by atoms with E-state index in [1.54, 1.807) is 0 Å². The molecule has 0 saturated heterocycles. The van der Waals surface area contributed by atoms with Gasteiger partial charge in [-0.05, 0) is 11.0 Å². The first-order chi connectivity index (χ1) is 7.79. The first-order valence-electron chi connectivity index (χ1n) is 5.20. The molecule has 0 bridgehead atoms. The average Bonchev–Trinajstić information content (AvgIpc) is 2.34. The Morgan fingerprint density at radius 1 is 0.556 bits per heavy atom. The molecule has 0 nitrogen and oxygen atoms in total. The molecule has 2 aromatic rings. The third kappa shape index (κ3) is 58.4. The molecule has 0 amide bonds. The van der Waals surface area contributed by atoms with Gasteiger partial charge in [-0.25, -0.2) is 0 Å². The zero-order valence-electron chi connectivity index (χ0n) is 12.2. The van der Waals surface area contributed by atoms with Crippen molar-refractivity contribution in [1.29, 1.82) is 0 Å². The van der Waals surface area contributed by atoms with Crippen molar-refractivity contribution in [1.82, 2.24) is 0 Å². The van der Waals surface area contributed by atoms with Crippen LogP contribution in [0.2, 0.25) is 0 Å². The molecule has 27 heavy (non-hydrogen) atoms. The van der Waals surface area contributed by atoms with Crippen LogP contribution in [-0.2, 0) is 0 Å². The topological polar surface area (TPSA) is 0 Å². The molecule has 2 rings (SSSR count). The first-order valence-corrected chi connectivity index (χ1v) is 10.2. The van der Waals surface area contributed by atoms with E-state index >= 15 is 0 Å². The summed E-state index contributed by atoms with van der Waals surface area (Å²) < 4.78 is 0. The number of hydrogen-bond donors (Lipinski definition) is 0. The summed E-state index contributed by atoms with van der Waals surface area (Å²) in [6, 6.07) is 21.0. The van der Waals surface area contributed by atoms with Crippen LogP contribution in [0.15, 0.2) is 60.7 Å². The van der Waals surface area contributed by atoms with E-state index in [1.807, 2.05) is 12.1 Å². The molecular weight excluding hydrogens is 422 g/mol. The van der Waals surface area contributed by atoms with Gasteiger partial charge in [0.05, 0.1) is 0 Å². The standard InChI is InChI=1S/2C6H8Si.8CH4.Al.ClH3Si.Li.H4Si.H2.4H/c2*7-6-4-2-1-3-5-6;;;;;;;;;;1-2;;;;;;;/h2*1-5H,7H3;8*1H4;;2H3;;1H4;1H;;;;/q;;;;;;;;;;;;+1;;;;;;-1. The second-order valence-electron chi connectivity index (χ2n) is 3.31. The smallest absolute Gasteiger partial charge is 1.00 e. The summed E-state index contributed by atoms with van der Waals surface area (Å²) in [4.78, 5) is 0. The molecule has 0 radical (unpaired) electrons. The van der Waals surface area contributed by atoms with Crippen LogP contribution in [-0.4, -0.2) is 58.4 Å². The molecular formula is C20H61AlClLiSi4. The van der Waals surface area contributed by atoms with Crippen LogP contribution in [0.25, 0.3) is 0 Å².